The van der Waals surface area contributed by atoms with Crippen LogP contribution in [0.15, 0.2) is 54.9 Å². The second-order valence-corrected chi connectivity index (χ2v) is 7.09. The van der Waals surface area contributed by atoms with Gasteiger partial charge in [-0.3, -0.25) is 0 Å². The molecule has 2 heterocycles. The molecule has 0 spiro atoms. The van der Waals surface area contributed by atoms with Crippen LogP contribution in [-0.4, -0.2) is 9.61 Å². The molecule has 2 aromatic heterocycles. The summed E-state index contributed by atoms with van der Waals surface area (Å²) in [5.41, 5.74) is 7.69. The summed E-state index contributed by atoms with van der Waals surface area (Å²) in [6.45, 7) is 2.22. The molecule has 1 unspecified atom stereocenters. The Morgan fingerprint density at radius 2 is 2.04 bits per heavy atom. The average Bonchev–Trinajstić information content (AvgIpc) is 3.13. The quantitative estimate of drug-likeness (QED) is 0.551. The molecule has 0 fully saturated rings. The van der Waals surface area contributed by atoms with Crippen LogP contribution in [0, 0.1) is 18.3 Å². The average molecular weight is 340 g/mol. The van der Waals surface area contributed by atoms with Crippen molar-refractivity contribution in [2.75, 3.05) is 0 Å². The van der Waals surface area contributed by atoms with Crippen LogP contribution in [-0.2, 0) is 6.42 Å². The number of benzene rings is 1. The van der Waals surface area contributed by atoms with E-state index in [0.29, 0.717) is 5.92 Å². The zero-order valence-electron chi connectivity index (χ0n) is 15.3. The van der Waals surface area contributed by atoms with E-state index in [1.54, 1.807) is 0 Å². The number of hydrogen-bond donors (Lipinski definition) is 0. The molecule has 0 radical (unpaired) electrons. The Balaban J connectivity index is 1.78. The maximum Gasteiger partial charge on any atom is 0.0814 e. The number of nitrogens with zero attached hydrogens (tertiary/aromatic N) is 2. The summed E-state index contributed by atoms with van der Waals surface area (Å²) in [6.07, 6.45) is 17.3. The number of allylic oxidation sites excluding steroid dienone is 2. The Bertz CT molecular complexity index is 983. The van der Waals surface area contributed by atoms with Crippen molar-refractivity contribution in [1.29, 1.82) is 0 Å². The first kappa shape index (κ1) is 16.7. The van der Waals surface area contributed by atoms with Crippen molar-refractivity contribution in [1.82, 2.24) is 9.61 Å². The third-order valence-electron chi connectivity index (χ3n) is 5.34. The van der Waals surface area contributed by atoms with E-state index in [9.17, 15) is 0 Å². The summed E-state index contributed by atoms with van der Waals surface area (Å²) >= 11 is 0. The molecule has 1 aliphatic carbocycles. The summed E-state index contributed by atoms with van der Waals surface area (Å²) in [7, 11) is 0. The zero-order chi connectivity index (χ0) is 17.9. The smallest absolute Gasteiger partial charge is 0.0814 e. The molecule has 1 aliphatic rings. The van der Waals surface area contributed by atoms with Crippen molar-refractivity contribution in [2.24, 2.45) is 5.92 Å². The molecular weight excluding hydrogens is 316 g/mol. The predicted octanol–water partition coefficient (Wildman–Crippen LogP) is 5.77. The maximum atomic E-state index is 5.60. The number of terminal acetylenes is 1. The molecular formula is C24H24N2. The normalized spacial score (nSPS) is 17.1. The number of aryl methyl sites for hydroxylation is 1. The molecule has 0 saturated carbocycles. The van der Waals surface area contributed by atoms with Gasteiger partial charge in [0, 0.05) is 23.2 Å². The highest BCUT2D eigenvalue weighted by Gasteiger charge is 2.18. The van der Waals surface area contributed by atoms with Crippen molar-refractivity contribution in [3.05, 3.63) is 66.0 Å². The highest BCUT2D eigenvalue weighted by molar-refractivity contribution is 5.90. The van der Waals surface area contributed by atoms with Gasteiger partial charge in [-0.05, 0) is 48.4 Å². The number of hydrogen-bond acceptors (Lipinski definition) is 1. The molecule has 4 rings (SSSR count). The molecule has 0 bridgehead atoms. The molecule has 3 aromatic rings. The van der Waals surface area contributed by atoms with Crippen molar-refractivity contribution >= 4 is 11.1 Å². The molecule has 0 saturated heterocycles. The van der Waals surface area contributed by atoms with E-state index in [2.05, 4.69) is 60.4 Å². The molecule has 2 heteroatoms. The third-order valence-corrected chi connectivity index (χ3v) is 5.34. The van der Waals surface area contributed by atoms with Crippen molar-refractivity contribution in [3.63, 3.8) is 0 Å². The lowest BCUT2D eigenvalue weighted by Gasteiger charge is -2.19. The zero-order valence-corrected chi connectivity index (χ0v) is 15.3. The second-order valence-electron chi connectivity index (χ2n) is 7.09. The summed E-state index contributed by atoms with van der Waals surface area (Å²) in [5.74, 6) is 3.28. The molecule has 130 valence electrons. The summed E-state index contributed by atoms with van der Waals surface area (Å²) in [6, 6.07) is 13.2. The maximum absolute atomic E-state index is 5.60. The third kappa shape index (κ3) is 3.06. The molecule has 2 nitrogen and oxygen atoms in total. The molecule has 26 heavy (non-hydrogen) atoms. The Morgan fingerprint density at radius 1 is 1.19 bits per heavy atom. The second kappa shape index (κ2) is 7.22. The van der Waals surface area contributed by atoms with Gasteiger partial charge < -0.3 is 0 Å². The van der Waals surface area contributed by atoms with Gasteiger partial charge >= 0.3 is 0 Å². The Kier molecular flexibility index (Phi) is 4.63. The minimum atomic E-state index is 0.383. The van der Waals surface area contributed by atoms with Gasteiger partial charge in [0.1, 0.15) is 0 Å². The summed E-state index contributed by atoms with van der Waals surface area (Å²) in [5, 5.41) is 4.60. The van der Waals surface area contributed by atoms with Gasteiger partial charge in [0.15, 0.2) is 0 Å². The number of fused-ring (bicyclic) bond motifs is 1. The van der Waals surface area contributed by atoms with Gasteiger partial charge in [0.2, 0.25) is 0 Å². The standard InChI is InChI=1S/C24H24N2/c1-3-6-19-10-14-21(15-11-19)23-17-25-26-16-5-7-22(24(23)26)20-12-8-18(4-2)9-13-20/h2,5,7,10-12,14-18H,3,6,8-9,13H2,1H3. The van der Waals surface area contributed by atoms with Gasteiger partial charge in [-0.1, -0.05) is 49.8 Å². The van der Waals surface area contributed by atoms with Crippen LogP contribution in [0.25, 0.3) is 22.2 Å². The van der Waals surface area contributed by atoms with Crippen LogP contribution in [0.4, 0.5) is 0 Å². The van der Waals surface area contributed by atoms with Crippen LogP contribution in [0.5, 0.6) is 0 Å². The van der Waals surface area contributed by atoms with Crippen LogP contribution < -0.4 is 0 Å². The lowest BCUT2D eigenvalue weighted by Crippen LogP contribution is -2.04. The Hall–Kier alpha value is -2.79. The minimum Gasteiger partial charge on any atom is -0.240 e. The lowest BCUT2D eigenvalue weighted by atomic mass is 9.86. The number of aromatic nitrogens is 2. The topological polar surface area (TPSA) is 17.3 Å². The van der Waals surface area contributed by atoms with Gasteiger partial charge in [-0.25, -0.2) is 4.52 Å². The highest BCUT2D eigenvalue weighted by Crippen LogP contribution is 2.35. The minimum absolute atomic E-state index is 0.383. The van der Waals surface area contributed by atoms with Gasteiger partial charge in [-0.2, -0.15) is 5.10 Å². The fraction of sp³-hybridized carbons (Fsp3) is 0.292. The Labute approximate surface area is 155 Å². The van der Waals surface area contributed by atoms with E-state index in [0.717, 1.165) is 25.7 Å². The number of pyridine rings is 1. The van der Waals surface area contributed by atoms with Gasteiger partial charge in [0.25, 0.3) is 0 Å². The van der Waals surface area contributed by atoms with Crippen LogP contribution >= 0.6 is 0 Å². The van der Waals surface area contributed by atoms with Gasteiger partial charge in [-0.15, -0.1) is 12.3 Å². The van der Waals surface area contributed by atoms with Crippen LogP contribution in [0.1, 0.15) is 43.7 Å². The first-order valence-electron chi connectivity index (χ1n) is 9.51. The van der Waals surface area contributed by atoms with Crippen molar-refractivity contribution in [2.45, 2.75) is 39.0 Å². The van der Waals surface area contributed by atoms with Crippen molar-refractivity contribution < 1.29 is 0 Å². The van der Waals surface area contributed by atoms with E-state index in [1.807, 2.05) is 16.9 Å². The fourth-order valence-electron chi connectivity index (χ4n) is 3.88. The SMILES string of the molecule is C#CC1CC=C(c2cccn3ncc(-c4ccc(CCC)cc4)c23)CC1. The predicted molar refractivity (Wildman–Crippen MR) is 109 cm³/mol. The Morgan fingerprint density at radius 3 is 2.73 bits per heavy atom. The largest absolute Gasteiger partial charge is 0.240 e. The van der Waals surface area contributed by atoms with Gasteiger partial charge in [0.05, 0.1) is 11.7 Å². The first-order valence-corrected chi connectivity index (χ1v) is 9.51. The molecule has 1 aromatic carbocycles. The monoisotopic (exact) mass is 340 g/mol. The van der Waals surface area contributed by atoms with E-state index >= 15 is 0 Å². The molecule has 0 aliphatic heterocycles. The first-order chi connectivity index (χ1) is 12.8. The molecule has 1 atom stereocenters. The fourth-order valence-corrected chi connectivity index (χ4v) is 3.88. The molecule has 0 N–H and O–H groups in total. The van der Waals surface area contributed by atoms with E-state index in [1.165, 1.54) is 39.8 Å². The van der Waals surface area contributed by atoms with Crippen LogP contribution in [0.3, 0.4) is 0 Å². The molecule has 0 amide bonds. The highest BCUT2D eigenvalue weighted by atomic mass is 15.2. The number of rotatable bonds is 4. The van der Waals surface area contributed by atoms with E-state index in [4.69, 9.17) is 6.42 Å². The summed E-state index contributed by atoms with van der Waals surface area (Å²) in [4.78, 5) is 0. The van der Waals surface area contributed by atoms with Crippen LogP contribution in [0.2, 0.25) is 0 Å². The lowest BCUT2D eigenvalue weighted by molar-refractivity contribution is 0.612. The van der Waals surface area contributed by atoms with E-state index in [-0.39, 0.29) is 0 Å². The van der Waals surface area contributed by atoms with E-state index < -0.39 is 0 Å². The van der Waals surface area contributed by atoms with Crippen molar-refractivity contribution in [3.8, 4) is 23.5 Å². The summed E-state index contributed by atoms with van der Waals surface area (Å²) < 4.78 is 2.00.